The van der Waals surface area contributed by atoms with E-state index in [2.05, 4.69) is 4.74 Å². The minimum atomic E-state index is -3.89. The number of rotatable bonds is 11. The lowest BCUT2D eigenvalue weighted by Gasteiger charge is -2.25. The maximum atomic E-state index is 14.5. The van der Waals surface area contributed by atoms with E-state index in [4.69, 9.17) is 19.3 Å². The average Bonchev–Trinajstić information content (AvgIpc) is 2.54. The minimum absolute atomic E-state index is 0.146. The van der Waals surface area contributed by atoms with Crippen LogP contribution in [0.3, 0.4) is 0 Å². The first-order chi connectivity index (χ1) is 11.4. The lowest BCUT2D eigenvalue weighted by atomic mass is 10.1. The zero-order chi connectivity index (χ0) is 18.0. The van der Waals surface area contributed by atoms with Crippen LogP contribution in [0.1, 0.15) is 5.56 Å². The lowest BCUT2D eigenvalue weighted by molar-refractivity contribution is -0.179. The highest BCUT2D eigenvalue weighted by molar-refractivity contribution is 5.75. The molecule has 0 heterocycles. The molecule has 134 valence electrons. The first-order valence-corrected chi connectivity index (χ1v) is 7.03. The molecule has 0 bridgehead atoms. The van der Waals surface area contributed by atoms with Gasteiger partial charge in [-0.1, -0.05) is 30.3 Å². The van der Waals surface area contributed by atoms with Crippen LogP contribution in [-0.4, -0.2) is 57.3 Å². The molecule has 1 atom stereocenters. The van der Waals surface area contributed by atoms with Crippen LogP contribution in [0.2, 0.25) is 0 Å². The van der Waals surface area contributed by atoms with Gasteiger partial charge >= 0.3 is 11.9 Å². The molecule has 6 nitrogen and oxygen atoms in total. The fourth-order valence-corrected chi connectivity index (χ4v) is 1.77. The van der Waals surface area contributed by atoms with Gasteiger partial charge in [0.05, 0.1) is 13.2 Å². The molecule has 0 aromatic heterocycles. The average molecular weight is 346 g/mol. The maximum Gasteiger partial charge on any atom is 0.340 e. The van der Waals surface area contributed by atoms with Gasteiger partial charge in [-0.2, -0.15) is 8.78 Å². The Kier molecular flexibility index (Phi) is 8.31. The first kappa shape index (κ1) is 20.0. The Morgan fingerprint density at radius 3 is 2.46 bits per heavy atom. The third-order valence-corrected chi connectivity index (χ3v) is 2.94. The van der Waals surface area contributed by atoms with Gasteiger partial charge in [0.25, 0.3) is 0 Å². The molecule has 1 aromatic carbocycles. The van der Waals surface area contributed by atoms with Crippen LogP contribution in [0.25, 0.3) is 6.08 Å². The Labute approximate surface area is 138 Å². The number of halogens is 2. The fourth-order valence-electron chi connectivity index (χ4n) is 1.77. The van der Waals surface area contributed by atoms with Crippen LogP contribution in [0, 0.1) is 0 Å². The second-order valence-corrected chi connectivity index (χ2v) is 4.66. The van der Waals surface area contributed by atoms with Crippen LogP contribution in [-0.2, 0) is 23.7 Å². The molecule has 0 saturated carbocycles. The Balaban J connectivity index is 2.99. The molecule has 0 fully saturated rings. The molecular weight excluding hydrogens is 326 g/mol. The number of carboxylic acids is 1. The molecule has 24 heavy (non-hydrogen) atoms. The van der Waals surface area contributed by atoms with Crippen molar-refractivity contribution >= 4 is 12.0 Å². The van der Waals surface area contributed by atoms with E-state index in [1.54, 1.807) is 30.3 Å². The van der Waals surface area contributed by atoms with Crippen molar-refractivity contribution in [2.75, 3.05) is 34.2 Å². The monoisotopic (exact) mass is 346 g/mol. The van der Waals surface area contributed by atoms with E-state index in [9.17, 15) is 13.6 Å². The third kappa shape index (κ3) is 5.88. The highest BCUT2D eigenvalue weighted by Gasteiger charge is 2.50. The van der Waals surface area contributed by atoms with Crippen LogP contribution in [0.15, 0.2) is 36.1 Å². The number of hydrogen-bond acceptors (Lipinski definition) is 5. The van der Waals surface area contributed by atoms with E-state index < -0.39 is 30.5 Å². The SMILES string of the molecule is COCCOCO/C(=C\c1ccccc1)C(F)(F)C(OC)C(=O)O. The van der Waals surface area contributed by atoms with E-state index in [1.165, 1.54) is 7.11 Å². The van der Waals surface area contributed by atoms with Crippen LogP contribution >= 0.6 is 0 Å². The van der Waals surface area contributed by atoms with Gasteiger partial charge in [0.2, 0.25) is 6.10 Å². The zero-order valence-electron chi connectivity index (χ0n) is 13.4. The number of methoxy groups -OCH3 is 2. The summed E-state index contributed by atoms with van der Waals surface area (Å²) in [6, 6.07) is 8.18. The molecular formula is C16H20F2O6. The quantitative estimate of drug-likeness (QED) is 0.377. The predicted molar refractivity (Wildman–Crippen MR) is 81.6 cm³/mol. The molecule has 1 unspecified atom stereocenters. The Morgan fingerprint density at radius 2 is 1.92 bits per heavy atom. The molecule has 0 saturated heterocycles. The van der Waals surface area contributed by atoms with Gasteiger partial charge in [-0.3, -0.25) is 0 Å². The van der Waals surface area contributed by atoms with Crippen molar-refractivity contribution in [2.24, 2.45) is 0 Å². The van der Waals surface area contributed by atoms with Crippen molar-refractivity contribution in [2.45, 2.75) is 12.0 Å². The highest BCUT2D eigenvalue weighted by Crippen LogP contribution is 2.32. The number of aliphatic carboxylic acids is 1. The second-order valence-electron chi connectivity index (χ2n) is 4.66. The second kappa shape index (κ2) is 9.96. The number of alkyl halides is 2. The van der Waals surface area contributed by atoms with Gasteiger partial charge in [0.15, 0.2) is 12.6 Å². The lowest BCUT2D eigenvalue weighted by Crippen LogP contribution is -2.43. The Morgan fingerprint density at radius 1 is 1.25 bits per heavy atom. The summed E-state index contributed by atoms with van der Waals surface area (Å²) in [6.07, 6.45) is -1.33. The summed E-state index contributed by atoms with van der Waals surface area (Å²) >= 11 is 0. The fraction of sp³-hybridized carbons (Fsp3) is 0.438. The highest BCUT2D eigenvalue weighted by atomic mass is 19.3. The molecule has 1 rings (SSSR count). The van der Waals surface area contributed by atoms with Gasteiger partial charge in [-0.05, 0) is 11.6 Å². The molecule has 0 amide bonds. The van der Waals surface area contributed by atoms with Crippen LogP contribution in [0.4, 0.5) is 8.78 Å². The van der Waals surface area contributed by atoms with E-state index in [0.29, 0.717) is 5.56 Å². The Bertz CT molecular complexity index is 533. The van der Waals surface area contributed by atoms with Crippen LogP contribution in [0.5, 0.6) is 0 Å². The molecule has 0 aliphatic carbocycles. The van der Waals surface area contributed by atoms with Crippen molar-refractivity contribution in [1.29, 1.82) is 0 Å². The minimum Gasteiger partial charge on any atom is -0.479 e. The van der Waals surface area contributed by atoms with Crippen molar-refractivity contribution in [3.63, 3.8) is 0 Å². The summed E-state index contributed by atoms with van der Waals surface area (Å²) in [5.41, 5.74) is 0.421. The maximum absolute atomic E-state index is 14.5. The zero-order valence-corrected chi connectivity index (χ0v) is 13.4. The van der Waals surface area contributed by atoms with E-state index in [1.807, 2.05) is 0 Å². The first-order valence-electron chi connectivity index (χ1n) is 7.03. The van der Waals surface area contributed by atoms with E-state index >= 15 is 0 Å². The summed E-state index contributed by atoms with van der Waals surface area (Å²) < 4.78 is 48.1. The van der Waals surface area contributed by atoms with Gasteiger partial charge in [0.1, 0.15) is 0 Å². The summed E-state index contributed by atoms with van der Waals surface area (Å²) in [6.45, 7) is -0.0612. The number of hydrogen-bond donors (Lipinski definition) is 1. The molecule has 8 heteroatoms. The smallest absolute Gasteiger partial charge is 0.340 e. The number of carbonyl (C=O) groups is 1. The van der Waals surface area contributed by atoms with Crippen molar-refractivity contribution in [1.82, 2.24) is 0 Å². The Hall–Kier alpha value is -2.03. The predicted octanol–water partition coefficient (Wildman–Crippen LogP) is 2.40. The van der Waals surface area contributed by atoms with Gasteiger partial charge in [-0.25, -0.2) is 4.79 Å². The third-order valence-electron chi connectivity index (χ3n) is 2.94. The summed E-state index contributed by atoms with van der Waals surface area (Å²) in [5, 5.41) is 8.93. The van der Waals surface area contributed by atoms with Gasteiger partial charge < -0.3 is 24.1 Å². The van der Waals surface area contributed by atoms with Gasteiger partial charge in [0, 0.05) is 14.2 Å². The van der Waals surface area contributed by atoms with Gasteiger partial charge in [-0.15, -0.1) is 0 Å². The summed E-state index contributed by atoms with van der Waals surface area (Å²) in [4.78, 5) is 11.0. The molecule has 0 radical (unpaired) electrons. The van der Waals surface area contributed by atoms with E-state index in [-0.39, 0.29) is 13.2 Å². The van der Waals surface area contributed by atoms with E-state index in [0.717, 1.165) is 13.2 Å². The number of carboxylic acid groups (broad SMARTS) is 1. The largest absolute Gasteiger partial charge is 0.479 e. The summed E-state index contributed by atoms with van der Waals surface area (Å²) in [5.74, 6) is -6.55. The molecule has 1 aromatic rings. The van der Waals surface area contributed by atoms with Crippen molar-refractivity contribution in [3.05, 3.63) is 41.7 Å². The van der Waals surface area contributed by atoms with Crippen molar-refractivity contribution in [3.8, 4) is 0 Å². The normalized spacial score (nSPS) is 13.6. The number of ether oxygens (including phenoxy) is 4. The van der Waals surface area contributed by atoms with Crippen molar-refractivity contribution < 1.29 is 37.6 Å². The number of benzene rings is 1. The molecule has 0 aliphatic heterocycles. The standard InChI is InChI=1S/C16H20F2O6/c1-21-8-9-23-11-24-13(10-12-6-4-3-5-7-12)16(17,18)14(22-2)15(19)20/h3-7,10,14H,8-9,11H2,1-2H3,(H,19,20)/b13-10-. The molecule has 0 aliphatic rings. The van der Waals surface area contributed by atoms with Crippen LogP contribution < -0.4 is 0 Å². The molecule has 0 spiro atoms. The topological polar surface area (TPSA) is 74.2 Å². The summed E-state index contributed by atoms with van der Waals surface area (Å²) in [7, 11) is 2.36. The molecule has 1 N–H and O–H groups in total.